The third-order valence-corrected chi connectivity index (χ3v) is 8.27. The summed E-state index contributed by atoms with van der Waals surface area (Å²) >= 11 is 0. The predicted molar refractivity (Wildman–Crippen MR) is 109 cm³/mol. The molecule has 7 nitrogen and oxygen atoms in total. The molecule has 0 spiro atoms. The summed E-state index contributed by atoms with van der Waals surface area (Å²) in [6.07, 6.45) is 6.22. The molecule has 2 bridgehead atoms. The number of pyridine rings is 1. The molecule has 2 fully saturated rings. The quantitative estimate of drug-likeness (QED) is 0.708. The molecule has 28 heavy (non-hydrogen) atoms. The highest BCUT2D eigenvalue weighted by atomic mass is 32.2. The summed E-state index contributed by atoms with van der Waals surface area (Å²) in [4.78, 5) is 16.1. The molecule has 3 atom stereocenters. The normalized spacial score (nSPS) is 28.8. The van der Waals surface area contributed by atoms with Gasteiger partial charge in [0.25, 0.3) is 10.0 Å². The number of aromatic nitrogens is 1. The molecule has 2 amide bonds. The highest BCUT2D eigenvalue weighted by Crippen LogP contribution is 2.65. The summed E-state index contributed by atoms with van der Waals surface area (Å²) in [7, 11) is -4.05. The van der Waals surface area contributed by atoms with Crippen LogP contribution in [0.1, 0.15) is 60.8 Å². The van der Waals surface area contributed by atoms with E-state index in [1.165, 1.54) is 12.6 Å². The molecule has 1 aromatic heterocycles. The van der Waals surface area contributed by atoms with Gasteiger partial charge in [-0.2, -0.15) is 0 Å². The molecule has 1 heterocycles. The van der Waals surface area contributed by atoms with Crippen LogP contribution in [0.2, 0.25) is 0 Å². The number of carbonyl (C=O) groups excluding carboxylic acids is 1. The van der Waals surface area contributed by atoms with Gasteiger partial charge in [-0.1, -0.05) is 20.8 Å². The van der Waals surface area contributed by atoms with Crippen molar-refractivity contribution in [3.8, 4) is 0 Å². The fraction of sp³-hybridized carbons (Fsp3) is 0.700. The van der Waals surface area contributed by atoms with Crippen molar-refractivity contribution in [2.75, 3.05) is 5.32 Å². The molecule has 2 saturated carbocycles. The molecule has 0 radical (unpaired) electrons. The number of amides is 2. The molecule has 8 heteroatoms. The first-order valence-corrected chi connectivity index (χ1v) is 11.3. The number of rotatable bonds is 4. The van der Waals surface area contributed by atoms with Crippen LogP contribution in [-0.4, -0.2) is 31.0 Å². The van der Waals surface area contributed by atoms with Crippen LogP contribution >= 0.6 is 0 Å². The monoisotopic (exact) mass is 408 g/mol. The number of urea groups is 1. The van der Waals surface area contributed by atoms with Gasteiger partial charge in [-0.15, -0.1) is 0 Å². The highest BCUT2D eigenvalue weighted by molar-refractivity contribution is 7.90. The molecule has 0 aromatic carbocycles. The summed E-state index contributed by atoms with van der Waals surface area (Å²) in [6, 6.07) is 1.09. The van der Waals surface area contributed by atoms with E-state index in [1.54, 1.807) is 33.0 Å². The Kier molecular flexibility index (Phi) is 4.93. The second-order valence-corrected chi connectivity index (χ2v) is 11.6. The van der Waals surface area contributed by atoms with Gasteiger partial charge in [0.1, 0.15) is 4.90 Å². The SMILES string of the molecule is CC(C)(C)NC(=O)NS(=O)(=O)c1cnccc1N[C@H]1C[C@H]2CC[C@]1(C)C2(C)C. The van der Waals surface area contributed by atoms with Gasteiger partial charge in [0.15, 0.2) is 0 Å². The zero-order valence-corrected chi connectivity index (χ0v) is 18.4. The maximum atomic E-state index is 12.8. The number of hydrogen-bond donors (Lipinski definition) is 3. The van der Waals surface area contributed by atoms with Gasteiger partial charge in [-0.3, -0.25) is 4.98 Å². The average Bonchev–Trinajstić information content (AvgIpc) is 2.86. The van der Waals surface area contributed by atoms with Crippen molar-refractivity contribution < 1.29 is 13.2 Å². The highest BCUT2D eigenvalue weighted by Gasteiger charge is 2.61. The summed E-state index contributed by atoms with van der Waals surface area (Å²) in [5.41, 5.74) is 0.250. The average molecular weight is 409 g/mol. The minimum atomic E-state index is -4.05. The van der Waals surface area contributed by atoms with Crippen molar-refractivity contribution >= 4 is 21.7 Å². The van der Waals surface area contributed by atoms with E-state index in [0.717, 1.165) is 12.8 Å². The van der Waals surface area contributed by atoms with E-state index < -0.39 is 21.6 Å². The molecule has 1 aromatic rings. The predicted octanol–water partition coefficient (Wildman–Crippen LogP) is 3.49. The first kappa shape index (κ1) is 20.9. The lowest BCUT2D eigenvalue weighted by Crippen LogP contribution is -2.48. The topological polar surface area (TPSA) is 100 Å². The second kappa shape index (κ2) is 6.61. The summed E-state index contributed by atoms with van der Waals surface area (Å²) in [6.45, 7) is 12.3. The van der Waals surface area contributed by atoms with Gasteiger partial charge in [0.05, 0.1) is 5.69 Å². The van der Waals surface area contributed by atoms with E-state index in [2.05, 4.69) is 41.1 Å². The zero-order chi connectivity index (χ0) is 21.0. The Morgan fingerprint density at radius 2 is 1.93 bits per heavy atom. The summed E-state index contributed by atoms with van der Waals surface area (Å²) < 4.78 is 27.8. The Balaban J connectivity index is 1.83. The van der Waals surface area contributed by atoms with E-state index in [1.807, 2.05) is 0 Å². The number of carbonyl (C=O) groups is 1. The Morgan fingerprint density at radius 3 is 2.46 bits per heavy atom. The summed E-state index contributed by atoms with van der Waals surface area (Å²) in [5.74, 6) is 0.632. The first-order valence-electron chi connectivity index (χ1n) is 9.82. The fourth-order valence-electron chi connectivity index (χ4n) is 4.87. The Hall–Kier alpha value is -1.83. The third kappa shape index (κ3) is 3.58. The van der Waals surface area contributed by atoms with Crippen LogP contribution in [0.5, 0.6) is 0 Å². The largest absolute Gasteiger partial charge is 0.381 e. The van der Waals surface area contributed by atoms with Gasteiger partial charge in [-0.25, -0.2) is 17.9 Å². The van der Waals surface area contributed by atoms with E-state index in [4.69, 9.17) is 0 Å². The molecule has 0 unspecified atom stereocenters. The van der Waals surface area contributed by atoms with Crippen molar-refractivity contribution in [2.45, 2.75) is 77.3 Å². The smallest absolute Gasteiger partial charge is 0.329 e. The maximum Gasteiger partial charge on any atom is 0.329 e. The molecule has 0 aliphatic heterocycles. The molecular weight excluding hydrogens is 376 g/mol. The Morgan fingerprint density at radius 1 is 1.25 bits per heavy atom. The zero-order valence-electron chi connectivity index (χ0n) is 17.6. The molecular formula is C20H32N4O3S. The molecule has 156 valence electrons. The van der Waals surface area contributed by atoms with Crippen LogP contribution in [-0.2, 0) is 10.0 Å². The lowest BCUT2D eigenvalue weighted by Gasteiger charge is -2.40. The van der Waals surface area contributed by atoms with E-state index in [9.17, 15) is 13.2 Å². The Bertz CT molecular complexity index is 876. The molecule has 2 aliphatic rings. The lowest BCUT2D eigenvalue weighted by atomic mass is 9.69. The number of sulfonamides is 1. The van der Waals surface area contributed by atoms with E-state index >= 15 is 0 Å². The van der Waals surface area contributed by atoms with Crippen LogP contribution in [0.25, 0.3) is 0 Å². The van der Waals surface area contributed by atoms with Crippen LogP contribution in [0.4, 0.5) is 10.5 Å². The van der Waals surface area contributed by atoms with Crippen LogP contribution in [0, 0.1) is 16.7 Å². The van der Waals surface area contributed by atoms with Gasteiger partial charge in [0, 0.05) is 24.0 Å². The van der Waals surface area contributed by atoms with Crippen LogP contribution in [0.3, 0.4) is 0 Å². The number of hydrogen-bond acceptors (Lipinski definition) is 5. The van der Waals surface area contributed by atoms with Gasteiger partial charge in [0.2, 0.25) is 0 Å². The number of nitrogens with one attached hydrogen (secondary N) is 3. The number of fused-ring (bicyclic) bond motifs is 2. The summed E-state index contributed by atoms with van der Waals surface area (Å²) in [5, 5.41) is 6.08. The molecule has 3 rings (SSSR count). The molecule has 2 aliphatic carbocycles. The fourth-order valence-corrected chi connectivity index (χ4v) is 5.89. The van der Waals surface area contributed by atoms with Crippen molar-refractivity contribution in [3.05, 3.63) is 18.5 Å². The van der Waals surface area contributed by atoms with Crippen molar-refractivity contribution in [1.82, 2.24) is 15.0 Å². The second-order valence-electron chi connectivity index (χ2n) is 9.99. The van der Waals surface area contributed by atoms with E-state index in [-0.39, 0.29) is 21.8 Å². The molecule has 0 saturated heterocycles. The first-order chi connectivity index (χ1) is 12.8. The van der Waals surface area contributed by atoms with Crippen molar-refractivity contribution in [1.29, 1.82) is 0 Å². The number of anilines is 1. The lowest BCUT2D eigenvalue weighted by molar-refractivity contribution is 0.142. The van der Waals surface area contributed by atoms with Gasteiger partial charge >= 0.3 is 6.03 Å². The van der Waals surface area contributed by atoms with Gasteiger partial charge in [-0.05, 0) is 62.8 Å². The standard InChI is InChI=1S/C20H32N4O3S/c1-18(2,3)23-17(25)24-28(26,27)15-12-21-10-8-14(15)22-16-11-13-7-9-20(16,6)19(13,4)5/h8,10,12-13,16H,7,9,11H2,1-6H3,(H,21,22)(H2,23,24,25)/t13-,16+,20+/m1/s1. The van der Waals surface area contributed by atoms with E-state index in [0.29, 0.717) is 11.6 Å². The maximum absolute atomic E-state index is 12.8. The van der Waals surface area contributed by atoms with Crippen LogP contribution < -0.4 is 15.4 Å². The molecule has 3 N–H and O–H groups in total. The minimum absolute atomic E-state index is 0.0109. The van der Waals surface area contributed by atoms with Gasteiger partial charge < -0.3 is 10.6 Å². The van der Waals surface area contributed by atoms with Crippen molar-refractivity contribution in [2.24, 2.45) is 16.7 Å². The van der Waals surface area contributed by atoms with Crippen molar-refractivity contribution in [3.63, 3.8) is 0 Å². The minimum Gasteiger partial charge on any atom is -0.381 e. The Labute approximate surface area is 168 Å². The third-order valence-electron chi connectivity index (χ3n) is 6.91. The number of nitrogens with zero attached hydrogens (tertiary/aromatic N) is 1. The van der Waals surface area contributed by atoms with Crippen LogP contribution in [0.15, 0.2) is 23.4 Å².